The Morgan fingerprint density at radius 2 is 1.88 bits per heavy atom. The summed E-state index contributed by atoms with van der Waals surface area (Å²) in [4.78, 5) is 2.55. The number of nitriles is 1. The third-order valence-electron chi connectivity index (χ3n) is 5.86. The number of benzene rings is 1. The van der Waals surface area contributed by atoms with Crippen LogP contribution >= 0.6 is 0 Å². The van der Waals surface area contributed by atoms with Gasteiger partial charge in [-0.2, -0.15) is 5.26 Å². The zero-order chi connectivity index (χ0) is 18.1. The first-order chi connectivity index (χ1) is 12.7. The first-order valence-electron chi connectivity index (χ1n) is 10.1. The maximum Gasteiger partial charge on any atom is 0.0991 e. The lowest BCUT2D eigenvalue weighted by molar-refractivity contribution is -0.0682. The van der Waals surface area contributed by atoms with Gasteiger partial charge in [0.25, 0.3) is 0 Å². The second-order valence-electron chi connectivity index (χ2n) is 8.00. The molecule has 26 heavy (non-hydrogen) atoms. The number of morpholine rings is 1. The summed E-state index contributed by atoms with van der Waals surface area (Å²) in [5, 5.41) is 10.6. The van der Waals surface area contributed by atoms with Crippen molar-refractivity contribution in [3.8, 4) is 6.07 Å². The number of ether oxygens (including phenoxy) is 1. The molecule has 0 radical (unpaired) electrons. The number of hydrogen-bond acceptors (Lipinski definition) is 3. The maximum atomic E-state index is 9.26. The van der Waals surface area contributed by atoms with Crippen molar-refractivity contribution in [2.75, 3.05) is 19.6 Å². The fourth-order valence-electron chi connectivity index (χ4n) is 4.88. The monoisotopic (exact) mass is 351 g/mol. The second-order valence-corrected chi connectivity index (χ2v) is 8.00. The van der Waals surface area contributed by atoms with E-state index in [1.165, 1.54) is 41.4 Å². The Morgan fingerprint density at radius 3 is 2.65 bits per heavy atom. The molecule has 4 nitrogen and oxygen atoms in total. The van der Waals surface area contributed by atoms with Crippen LogP contribution < -0.4 is 0 Å². The molecule has 0 N–H and O–H groups in total. The SMILES string of the molecule is CC1CN(CCCn2c3c(c4cc(C#N)ccc42)CCCC3)CC(C)O1. The van der Waals surface area contributed by atoms with Gasteiger partial charge in [-0.15, -0.1) is 0 Å². The summed E-state index contributed by atoms with van der Waals surface area (Å²) in [6, 6.07) is 8.53. The number of aromatic nitrogens is 1. The van der Waals surface area contributed by atoms with Crippen molar-refractivity contribution in [1.29, 1.82) is 5.26 Å². The van der Waals surface area contributed by atoms with E-state index < -0.39 is 0 Å². The minimum absolute atomic E-state index is 0.336. The standard InChI is InChI=1S/C22H29N3O/c1-16-14-24(15-17(2)26-16)10-5-11-25-21-7-4-3-6-19(21)20-12-18(13-23)8-9-22(20)25/h8-9,12,16-17H,3-7,10-11,14-15H2,1-2H3. The van der Waals surface area contributed by atoms with Crippen LogP contribution in [0.2, 0.25) is 0 Å². The van der Waals surface area contributed by atoms with Gasteiger partial charge in [0.1, 0.15) is 0 Å². The van der Waals surface area contributed by atoms with Crippen LogP contribution in [0.5, 0.6) is 0 Å². The van der Waals surface area contributed by atoms with Crippen LogP contribution in [0.3, 0.4) is 0 Å². The molecule has 2 aliphatic rings. The van der Waals surface area contributed by atoms with Crippen molar-refractivity contribution < 1.29 is 4.74 Å². The predicted octanol–water partition coefficient (Wildman–Crippen LogP) is 3.89. The summed E-state index contributed by atoms with van der Waals surface area (Å²) in [5.74, 6) is 0. The third-order valence-corrected chi connectivity index (χ3v) is 5.86. The first-order valence-corrected chi connectivity index (χ1v) is 10.1. The third kappa shape index (κ3) is 3.39. The Kier molecular flexibility index (Phi) is 5.02. The lowest BCUT2D eigenvalue weighted by atomic mass is 9.95. The van der Waals surface area contributed by atoms with Gasteiger partial charge in [-0.25, -0.2) is 0 Å². The molecule has 1 fully saturated rings. The molecule has 138 valence electrons. The Labute approximate surface area is 156 Å². The van der Waals surface area contributed by atoms with E-state index in [0.717, 1.165) is 44.6 Å². The molecule has 0 bridgehead atoms. The van der Waals surface area contributed by atoms with Gasteiger partial charge in [-0.1, -0.05) is 0 Å². The van der Waals surface area contributed by atoms with E-state index in [4.69, 9.17) is 4.74 Å². The topological polar surface area (TPSA) is 41.2 Å². The lowest BCUT2D eigenvalue weighted by Crippen LogP contribution is -2.45. The molecule has 2 unspecified atom stereocenters. The van der Waals surface area contributed by atoms with Crippen LogP contribution in [-0.4, -0.2) is 41.3 Å². The van der Waals surface area contributed by atoms with Crippen LogP contribution in [0, 0.1) is 11.3 Å². The molecule has 1 aromatic carbocycles. The molecule has 1 saturated heterocycles. The van der Waals surface area contributed by atoms with Gasteiger partial charge in [0, 0.05) is 42.8 Å². The van der Waals surface area contributed by atoms with Crippen molar-refractivity contribution in [2.45, 2.75) is 64.7 Å². The van der Waals surface area contributed by atoms with E-state index in [2.05, 4.69) is 41.5 Å². The summed E-state index contributed by atoms with van der Waals surface area (Å²) < 4.78 is 8.39. The Bertz CT molecular complexity index is 822. The highest BCUT2D eigenvalue weighted by atomic mass is 16.5. The highest BCUT2D eigenvalue weighted by molar-refractivity contribution is 5.87. The minimum Gasteiger partial charge on any atom is -0.373 e. The second kappa shape index (κ2) is 7.42. The van der Waals surface area contributed by atoms with Crippen LogP contribution in [-0.2, 0) is 24.1 Å². The molecule has 0 saturated carbocycles. The fraction of sp³-hybridized carbons (Fsp3) is 0.591. The van der Waals surface area contributed by atoms with Crippen molar-refractivity contribution >= 4 is 10.9 Å². The van der Waals surface area contributed by atoms with E-state index in [1.54, 1.807) is 0 Å². The zero-order valence-corrected chi connectivity index (χ0v) is 16.0. The fourth-order valence-corrected chi connectivity index (χ4v) is 4.88. The Hall–Kier alpha value is -1.83. The number of rotatable bonds is 4. The largest absolute Gasteiger partial charge is 0.373 e. The van der Waals surface area contributed by atoms with Gasteiger partial charge in [-0.05, 0) is 69.7 Å². The molecule has 4 heteroatoms. The van der Waals surface area contributed by atoms with Crippen molar-refractivity contribution in [3.05, 3.63) is 35.0 Å². The summed E-state index contributed by atoms with van der Waals surface area (Å²) in [6.07, 6.45) is 6.73. The van der Waals surface area contributed by atoms with Crippen LogP contribution in [0.4, 0.5) is 0 Å². The van der Waals surface area contributed by atoms with Gasteiger partial charge in [-0.3, -0.25) is 4.90 Å². The van der Waals surface area contributed by atoms with E-state index in [9.17, 15) is 5.26 Å². The summed E-state index contributed by atoms with van der Waals surface area (Å²) >= 11 is 0. The number of hydrogen-bond donors (Lipinski definition) is 0. The van der Waals surface area contributed by atoms with Gasteiger partial charge in [0.15, 0.2) is 0 Å². The molecule has 1 aromatic heterocycles. The van der Waals surface area contributed by atoms with Crippen LogP contribution in [0.25, 0.3) is 10.9 Å². The number of fused-ring (bicyclic) bond motifs is 3. The smallest absolute Gasteiger partial charge is 0.0991 e. The van der Waals surface area contributed by atoms with Crippen LogP contribution in [0.15, 0.2) is 18.2 Å². The molecule has 4 rings (SSSR count). The number of aryl methyl sites for hydroxylation is 2. The molecule has 0 spiro atoms. The van der Waals surface area contributed by atoms with Crippen molar-refractivity contribution in [2.24, 2.45) is 0 Å². The average molecular weight is 351 g/mol. The molecule has 1 aliphatic carbocycles. The molecule has 2 heterocycles. The molecule has 0 amide bonds. The quantitative estimate of drug-likeness (QED) is 0.839. The summed E-state index contributed by atoms with van der Waals surface area (Å²) in [7, 11) is 0. The molecular formula is C22H29N3O. The molecular weight excluding hydrogens is 322 g/mol. The predicted molar refractivity (Wildman–Crippen MR) is 104 cm³/mol. The van der Waals surface area contributed by atoms with E-state index in [1.807, 2.05) is 6.07 Å². The van der Waals surface area contributed by atoms with Gasteiger partial charge < -0.3 is 9.30 Å². The number of nitrogens with zero attached hydrogens (tertiary/aromatic N) is 3. The highest BCUT2D eigenvalue weighted by Gasteiger charge is 2.23. The normalized spacial score (nSPS) is 23.7. The Morgan fingerprint density at radius 1 is 1.12 bits per heavy atom. The Balaban J connectivity index is 1.54. The van der Waals surface area contributed by atoms with Gasteiger partial charge in [0.05, 0.1) is 23.8 Å². The van der Waals surface area contributed by atoms with E-state index >= 15 is 0 Å². The minimum atomic E-state index is 0.336. The van der Waals surface area contributed by atoms with Gasteiger partial charge in [0.2, 0.25) is 0 Å². The van der Waals surface area contributed by atoms with Crippen LogP contribution in [0.1, 0.15) is 49.9 Å². The van der Waals surface area contributed by atoms with E-state index in [-0.39, 0.29) is 0 Å². The van der Waals surface area contributed by atoms with E-state index in [0.29, 0.717) is 12.2 Å². The van der Waals surface area contributed by atoms with Gasteiger partial charge >= 0.3 is 0 Å². The molecule has 1 aliphatic heterocycles. The molecule has 2 aromatic rings. The molecule has 2 atom stereocenters. The summed E-state index contributed by atoms with van der Waals surface area (Å²) in [5.41, 5.74) is 5.11. The maximum absolute atomic E-state index is 9.26. The lowest BCUT2D eigenvalue weighted by Gasteiger charge is -2.35. The van der Waals surface area contributed by atoms with Crippen molar-refractivity contribution in [1.82, 2.24) is 9.47 Å². The van der Waals surface area contributed by atoms with Crippen molar-refractivity contribution in [3.63, 3.8) is 0 Å². The zero-order valence-electron chi connectivity index (χ0n) is 16.0. The average Bonchev–Trinajstić information content (AvgIpc) is 2.94. The first kappa shape index (κ1) is 17.6. The highest BCUT2D eigenvalue weighted by Crippen LogP contribution is 2.33. The summed E-state index contributed by atoms with van der Waals surface area (Å²) in [6.45, 7) is 8.62.